The second kappa shape index (κ2) is 8.00. The highest BCUT2D eigenvalue weighted by molar-refractivity contribution is 5.70. The van der Waals surface area contributed by atoms with Crippen molar-refractivity contribution >= 4 is 11.8 Å². The molecular weight excluding hydrogens is 363 g/mol. The van der Waals surface area contributed by atoms with E-state index < -0.39 is 11.5 Å². The Morgan fingerprint density at radius 2 is 2.07 bits per heavy atom. The molecule has 2 aromatic rings. The van der Waals surface area contributed by atoms with E-state index in [-0.39, 0.29) is 12.1 Å². The van der Waals surface area contributed by atoms with Gasteiger partial charge in [0.25, 0.3) is 0 Å². The Hall–Kier alpha value is -2.90. The van der Waals surface area contributed by atoms with Gasteiger partial charge in [0.05, 0.1) is 12.8 Å². The molecule has 1 saturated heterocycles. The van der Waals surface area contributed by atoms with E-state index in [9.17, 15) is 9.18 Å². The van der Waals surface area contributed by atoms with Gasteiger partial charge in [-0.15, -0.1) is 0 Å². The number of hydrogen-bond acceptors (Lipinski definition) is 6. The molecule has 0 spiro atoms. The van der Waals surface area contributed by atoms with Gasteiger partial charge in [0.1, 0.15) is 5.60 Å². The number of methoxy groups -OCH3 is 1. The Morgan fingerprint density at radius 3 is 2.75 bits per heavy atom. The largest absolute Gasteiger partial charge is 0.480 e. The lowest BCUT2D eigenvalue weighted by atomic mass is 10.1. The number of rotatable bonds is 4. The minimum absolute atomic E-state index is 0.0349. The van der Waals surface area contributed by atoms with Crippen LogP contribution in [0.15, 0.2) is 30.6 Å². The summed E-state index contributed by atoms with van der Waals surface area (Å²) in [6.45, 7) is 6.67. The Kier molecular flexibility index (Phi) is 5.67. The van der Waals surface area contributed by atoms with Crippen LogP contribution < -0.4 is 10.1 Å². The van der Waals surface area contributed by atoms with Crippen LogP contribution in [0.4, 0.5) is 14.9 Å². The first-order valence-corrected chi connectivity index (χ1v) is 9.15. The smallest absolute Gasteiger partial charge is 0.410 e. The average Bonchev–Trinajstić information content (AvgIpc) is 3.09. The number of anilines is 1. The molecule has 2 aromatic heterocycles. The van der Waals surface area contributed by atoms with E-state index in [0.29, 0.717) is 30.2 Å². The van der Waals surface area contributed by atoms with Crippen LogP contribution in [0.25, 0.3) is 11.1 Å². The molecule has 0 aliphatic carbocycles. The number of pyridine rings is 2. The number of nitrogens with one attached hydrogen (secondary N) is 1. The van der Waals surface area contributed by atoms with E-state index in [2.05, 4.69) is 15.3 Å². The molecular formula is C20H25FN4O3. The molecule has 0 radical (unpaired) electrons. The lowest BCUT2D eigenvalue weighted by Gasteiger charge is -2.24. The molecule has 3 rings (SSSR count). The topological polar surface area (TPSA) is 76.6 Å². The monoisotopic (exact) mass is 388 g/mol. The van der Waals surface area contributed by atoms with E-state index in [4.69, 9.17) is 9.47 Å². The van der Waals surface area contributed by atoms with Gasteiger partial charge in [0.15, 0.2) is 0 Å². The predicted octanol–water partition coefficient (Wildman–Crippen LogP) is 3.71. The summed E-state index contributed by atoms with van der Waals surface area (Å²) in [7, 11) is 1.54. The van der Waals surface area contributed by atoms with Crippen molar-refractivity contribution in [1.29, 1.82) is 0 Å². The average molecular weight is 388 g/mol. The van der Waals surface area contributed by atoms with Crippen LogP contribution in [0.5, 0.6) is 5.88 Å². The van der Waals surface area contributed by atoms with E-state index in [1.807, 2.05) is 26.8 Å². The Morgan fingerprint density at radius 1 is 1.29 bits per heavy atom. The lowest BCUT2D eigenvalue weighted by molar-refractivity contribution is 0.0293. The highest BCUT2D eigenvalue weighted by atomic mass is 19.1. The maximum absolute atomic E-state index is 13.4. The van der Waals surface area contributed by atoms with Gasteiger partial charge in [-0.05, 0) is 44.9 Å². The molecule has 1 atom stereocenters. The van der Waals surface area contributed by atoms with E-state index in [1.54, 1.807) is 24.3 Å². The number of amides is 1. The summed E-state index contributed by atoms with van der Waals surface area (Å²) in [5, 5.41) is 3.39. The predicted molar refractivity (Wildman–Crippen MR) is 104 cm³/mol. The van der Waals surface area contributed by atoms with E-state index in [0.717, 1.165) is 12.0 Å². The summed E-state index contributed by atoms with van der Waals surface area (Å²) in [6.07, 6.45) is 3.50. The van der Waals surface area contributed by atoms with Gasteiger partial charge >= 0.3 is 6.09 Å². The molecule has 0 bridgehead atoms. The summed E-state index contributed by atoms with van der Waals surface area (Å²) in [5.74, 6) is -0.111. The van der Waals surface area contributed by atoms with Crippen molar-refractivity contribution in [1.82, 2.24) is 14.9 Å². The zero-order chi connectivity index (χ0) is 20.3. The summed E-state index contributed by atoms with van der Waals surface area (Å²) in [5.41, 5.74) is 1.58. The summed E-state index contributed by atoms with van der Waals surface area (Å²) < 4.78 is 24.2. The molecule has 1 fully saturated rings. The summed E-state index contributed by atoms with van der Waals surface area (Å²) in [6, 6.07) is 4.97. The zero-order valence-corrected chi connectivity index (χ0v) is 16.5. The SMILES string of the molecule is COc1ncc(-c2ccnc(F)c2)cc1NC1CCN(C(=O)OC(C)(C)C)C1. The Labute approximate surface area is 163 Å². The zero-order valence-electron chi connectivity index (χ0n) is 16.5. The van der Waals surface area contributed by atoms with Crippen LogP contribution in [0.3, 0.4) is 0 Å². The van der Waals surface area contributed by atoms with Gasteiger partial charge in [0, 0.05) is 43.2 Å². The molecule has 7 nitrogen and oxygen atoms in total. The van der Waals surface area contributed by atoms with Crippen molar-refractivity contribution in [2.45, 2.75) is 38.8 Å². The van der Waals surface area contributed by atoms with Gasteiger partial charge in [-0.2, -0.15) is 4.39 Å². The molecule has 1 aliphatic rings. The van der Waals surface area contributed by atoms with Gasteiger partial charge in [-0.3, -0.25) is 0 Å². The maximum Gasteiger partial charge on any atom is 0.410 e. The molecule has 3 heterocycles. The second-order valence-electron chi connectivity index (χ2n) is 7.70. The third-order valence-corrected chi connectivity index (χ3v) is 4.30. The fourth-order valence-corrected chi connectivity index (χ4v) is 3.05. The number of halogens is 1. The van der Waals surface area contributed by atoms with Gasteiger partial charge < -0.3 is 19.7 Å². The first-order chi connectivity index (χ1) is 13.2. The maximum atomic E-state index is 13.4. The van der Waals surface area contributed by atoms with Gasteiger partial charge in [0.2, 0.25) is 11.8 Å². The molecule has 150 valence electrons. The molecule has 1 N–H and O–H groups in total. The van der Waals surface area contributed by atoms with Gasteiger partial charge in [-0.25, -0.2) is 14.8 Å². The number of carbonyl (C=O) groups excluding carboxylic acids is 1. The van der Waals surface area contributed by atoms with Crippen LogP contribution in [0.2, 0.25) is 0 Å². The quantitative estimate of drug-likeness (QED) is 0.805. The van der Waals surface area contributed by atoms with Crippen molar-refractivity contribution in [3.63, 3.8) is 0 Å². The normalized spacial score (nSPS) is 16.8. The van der Waals surface area contributed by atoms with Crippen LogP contribution in [0.1, 0.15) is 27.2 Å². The number of ether oxygens (including phenoxy) is 2. The molecule has 28 heavy (non-hydrogen) atoms. The number of carbonyl (C=O) groups is 1. The van der Waals surface area contributed by atoms with Crippen molar-refractivity contribution in [3.8, 4) is 17.0 Å². The van der Waals surface area contributed by atoms with Crippen LogP contribution >= 0.6 is 0 Å². The van der Waals surface area contributed by atoms with E-state index >= 15 is 0 Å². The molecule has 1 aliphatic heterocycles. The first-order valence-electron chi connectivity index (χ1n) is 9.15. The Balaban J connectivity index is 1.73. The van der Waals surface area contributed by atoms with Crippen molar-refractivity contribution in [3.05, 3.63) is 36.5 Å². The van der Waals surface area contributed by atoms with Crippen LogP contribution in [-0.2, 0) is 4.74 Å². The number of aromatic nitrogens is 2. The van der Waals surface area contributed by atoms with Crippen molar-refractivity contribution in [2.24, 2.45) is 0 Å². The van der Waals surface area contributed by atoms with Gasteiger partial charge in [-0.1, -0.05) is 0 Å². The third kappa shape index (κ3) is 4.88. The van der Waals surface area contributed by atoms with E-state index in [1.165, 1.54) is 12.3 Å². The lowest BCUT2D eigenvalue weighted by Crippen LogP contribution is -2.36. The first kappa shape index (κ1) is 19.9. The van der Waals surface area contributed by atoms with Crippen molar-refractivity contribution < 1.29 is 18.7 Å². The number of hydrogen-bond donors (Lipinski definition) is 1. The molecule has 1 amide bonds. The van der Waals surface area contributed by atoms with Crippen LogP contribution in [-0.4, -0.2) is 52.8 Å². The molecule has 1 unspecified atom stereocenters. The highest BCUT2D eigenvalue weighted by Crippen LogP contribution is 2.30. The molecule has 0 aromatic carbocycles. The third-order valence-electron chi connectivity index (χ3n) is 4.30. The second-order valence-corrected chi connectivity index (χ2v) is 7.70. The molecule has 8 heteroatoms. The minimum atomic E-state index is -0.549. The fraction of sp³-hybridized carbons (Fsp3) is 0.450. The van der Waals surface area contributed by atoms with Crippen molar-refractivity contribution in [2.75, 3.05) is 25.5 Å². The molecule has 0 saturated carbocycles. The fourth-order valence-electron chi connectivity index (χ4n) is 3.05. The van der Waals surface area contributed by atoms with Crippen LogP contribution in [0, 0.1) is 5.95 Å². The summed E-state index contributed by atoms with van der Waals surface area (Å²) >= 11 is 0. The summed E-state index contributed by atoms with van der Waals surface area (Å²) in [4.78, 5) is 21.8. The minimum Gasteiger partial charge on any atom is -0.480 e. The highest BCUT2D eigenvalue weighted by Gasteiger charge is 2.30. The standard InChI is InChI=1S/C20H25FN4O3/c1-20(2,3)28-19(26)25-8-6-15(12-25)24-16-9-14(11-23-18(16)27-4)13-5-7-22-17(21)10-13/h5,7,9-11,15,24H,6,8,12H2,1-4H3. The number of nitrogens with zero attached hydrogens (tertiary/aromatic N) is 3. The Bertz CT molecular complexity index is 854. The number of likely N-dealkylation sites (tertiary alicyclic amines) is 1.